The van der Waals surface area contributed by atoms with Crippen LogP contribution < -0.4 is 4.90 Å². The number of nitrogens with zero attached hydrogens (tertiary/aromatic N) is 3. The van der Waals surface area contributed by atoms with Crippen molar-refractivity contribution in [2.24, 2.45) is 0 Å². The number of ether oxygens (including phenoxy) is 1. The van der Waals surface area contributed by atoms with Gasteiger partial charge < -0.3 is 4.74 Å². The van der Waals surface area contributed by atoms with E-state index >= 15 is 0 Å². The largest absolute Gasteiger partial charge is 0.443 e. The molecule has 2 fully saturated rings. The Hall–Kier alpha value is -1.62. The van der Waals surface area contributed by atoms with E-state index in [0.29, 0.717) is 12.1 Å². The molecule has 0 N–H and O–H groups in total. The SMILES string of the molecule is CC(C)N1CCCC[C@H]1c1ccc(N(C(=O)OC(C)(C)C)C2CCCC2)nc1. The van der Waals surface area contributed by atoms with E-state index in [1.807, 2.05) is 33.0 Å². The number of carbonyl (C=O) groups is 1. The van der Waals surface area contributed by atoms with Crippen molar-refractivity contribution in [3.05, 3.63) is 23.9 Å². The zero-order chi connectivity index (χ0) is 20.3. The molecule has 2 aliphatic rings. The van der Waals surface area contributed by atoms with Crippen molar-refractivity contribution < 1.29 is 9.53 Å². The number of hydrogen-bond acceptors (Lipinski definition) is 4. The van der Waals surface area contributed by atoms with Crippen molar-refractivity contribution in [3.63, 3.8) is 0 Å². The van der Waals surface area contributed by atoms with E-state index in [1.165, 1.54) is 24.8 Å². The second-order valence-electron chi connectivity index (χ2n) is 9.58. The van der Waals surface area contributed by atoms with Gasteiger partial charge in [0, 0.05) is 24.3 Å². The number of hydrogen-bond donors (Lipinski definition) is 0. The minimum Gasteiger partial charge on any atom is -0.443 e. The first kappa shape index (κ1) is 21.1. The maximum atomic E-state index is 12.9. The van der Waals surface area contributed by atoms with E-state index in [1.54, 1.807) is 4.90 Å². The molecule has 0 aromatic carbocycles. The topological polar surface area (TPSA) is 45.7 Å². The molecule has 5 heteroatoms. The van der Waals surface area contributed by atoms with Gasteiger partial charge in [-0.2, -0.15) is 0 Å². The number of piperidine rings is 1. The van der Waals surface area contributed by atoms with Gasteiger partial charge in [0.15, 0.2) is 0 Å². The molecule has 1 amide bonds. The summed E-state index contributed by atoms with van der Waals surface area (Å²) in [7, 11) is 0. The quantitative estimate of drug-likeness (QED) is 0.665. The highest BCUT2D eigenvalue weighted by Gasteiger charge is 2.33. The number of rotatable bonds is 4. The Morgan fingerprint density at radius 2 is 1.82 bits per heavy atom. The fourth-order valence-corrected chi connectivity index (χ4v) is 4.57. The van der Waals surface area contributed by atoms with E-state index in [4.69, 9.17) is 9.72 Å². The number of likely N-dealkylation sites (tertiary alicyclic amines) is 1. The molecule has 1 aromatic rings. The Bertz CT molecular complexity index is 645. The van der Waals surface area contributed by atoms with Gasteiger partial charge in [0.1, 0.15) is 11.4 Å². The highest BCUT2D eigenvalue weighted by molar-refractivity contribution is 5.87. The molecule has 1 aliphatic carbocycles. The third kappa shape index (κ3) is 5.05. The van der Waals surface area contributed by atoms with Crippen molar-refractivity contribution >= 4 is 11.9 Å². The highest BCUT2D eigenvalue weighted by atomic mass is 16.6. The minimum atomic E-state index is -0.506. The lowest BCUT2D eigenvalue weighted by Crippen LogP contribution is -2.43. The maximum absolute atomic E-state index is 12.9. The second kappa shape index (κ2) is 8.81. The maximum Gasteiger partial charge on any atom is 0.416 e. The molecule has 0 radical (unpaired) electrons. The van der Waals surface area contributed by atoms with E-state index in [2.05, 4.69) is 24.8 Å². The fraction of sp³-hybridized carbons (Fsp3) is 0.739. The van der Waals surface area contributed by atoms with Crippen LogP contribution in [0.5, 0.6) is 0 Å². The molecular weight excluding hydrogens is 350 g/mol. The summed E-state index contributed by atoms with van der Waals surface area (Å²) in [5.74, 6) is 0.719. The summed E-state index contributed by atoms with van der Waals surface area (Å²) in [6, 6.07) is 5.33. The first-order valence-corrected chi connectivity index (χ1v) is 11.0. The summed E-state index contributed by atoms with van der Waals surface area (Å²) < 4.78 is 5.70. The normalized spacial score (nSPS) is 21.9. The van der Waals surface area contributed by atoms with Crippen LogP contribution in [-0.4, -0.2) is 40.2 Å². The van der Waals surface area contributed by atoms with Crippen molar-refractivity contribution in [2.75, 3.05) is 11.4 Å². The van der Waals surface area contributed by atoms with Crippen LogP contribution in [0.4, 0.5) is 10.6 Å². The molecule has 5 nitrogen and oxygen atoms in total. The molecule has 2 heterocycles. The van der Waals surface area contributed by atoms with Crippen LogP contribution in [0.25, 0.3) is 0 Å². The predicted molar refractivity (Wildman–Crippen MR) is 114 cm³/mol. The number of pyridine rings is 1. The van der Waals surface area contributed by atoms with Crippen molar-refractivity contribution in [1.82, 2.24) is 9.88 Å². The summed E-state index contributed by atoms with van der Waals surface area (Å²) in [5.41, 5.74) is 0.751. The van der Waals surface area contributed by atoms with Gasteiger partial charge in [0.25, 0.3) is 0 Å². The first-order valence-electron chi connectivity index (χ1n) is 11.0. The Balaban J connectivity index is 1.82. The van der Waals surface area contributed by atoms with Gasteiger partial charge in [0.2, 0.25) is 0 Å². The number of anilines is 1. The number of carbonyl (C=O) groups excluding carboxylic acids is 1. The lowest BCUT2D eigenvalue weighted by atomic mass is 9.95. The second-order valence-corrected chi connectivity index (χ2v) is 9.58. The van der Waals surface area contributed by atoms with Crippen LogP contribution in [0.1, 0.15) is 91.2 Å². The van der Waals surface area contributed by atoms with Crippen LogP contribution >= 0.6 is 0 Å². The van der Waals surface area contributed by atoms with Crippen LogP contribution in [-0.2, 0) is 4.74 Å². The minimum absolute atomic E-state index is 0.190. The summed E-state index contributed by atoms with van der Waals surface area (Å²) in [5, 5.41) is 0. The Morgan fingerprint density at radius 1 is 1.14 bits per heavy atom. The third-order valence-electron chi connectivity index (χ3n) is 5.89. The smallest absolute Gasteiger partial charge is 0.416 e. The van der Waals surface area contributed by atoms with E-state index in [-0.39, 0.29) is 12.1 Å². The van der Waals surface area contributed by atoms with Crippen LogP contribution in [0.15, 0.2) is 18.3 Å². The molecule has 1 atom stereocenters. The van der Waals surface area contributed by atoms with Crippen LogP contribution in [0, 0.1) is 0 Å². The number of amides is 1. The summed E-state index contributed by atoms with van der Waals surface area (Å²) >= 11 is 0. The third-order valence-corrected chi connectivity index (χ3v) is 5.89. The standard InChI is InChI=1S/C23H37N3O2/c1-17(2)25-15-9-8-12-20(25)18-13-14-21(24-16-18)26(19-10-6-7-11-19)22(27)28-23(3,4)5/h13-14,16-17,19-20H,6-12,15H2,1-5H3/t20-/m0/s1. The van der Waals surface area contributed by atoms with Gasteiger partial charge in [-0.25, -0.2) is 9.78 Å². The fourth-order valence-electron chi connectivity index (χ4n) is 4.57. The lowest BCUT2D eigenvalue weighted by Gasteiger charge is -2.39. The van der Waals surface area contributed by atoms with E-state index < -0.39 is 5.60 Å². The van der Waals surface area contributed by atoms with Gasteiger partial charge >= 0.3 is 6.09 Å². The molecule has 0 bridgehead atoms. The zero-order valence-corrected chi connectivity index (χ0v) is 18.3. The predicted octanol–water partition coefficient (Wildman–Crippen LogP) is 5.70. The number of aromatic nitrogens is 1. The molecule has 1 saturated carbocycles. The average molecular weight is 388 g/mol. The van der Waals surface area contributed by atoms with Crippen LogP contribution in [0.3, 0.4) is 0 Å². The van der Waals surface area contributed by atoms with Gasteiger partial charge in [-0.1, -0.05) is 25.3 Å². The van der Waals surface area contributed by atoms with Gasteiger partial charge in [0.05, 0.1) is 0 Å². The monoisotopic (exact) mass is 387 g/mol. The van der Waals surface area contributed by atoms with E-state index in [9.17, 15) is 4.79 Å². The molecule has 1 aliphatic heterocycles. The van der Waals surface area contributed by atoms with Crippen LogP contribution in [0.2, 0.25) is 0 Å². The Labute approximate surface area is 170 Å². The van der Waals surface area contributed by atoms with Gasteiger partial charge in [-0.3, -0.25) is 9.80 Å². The van der Waals surface area contributed by atoms with Gasteiger partial charge in [-0.05, 0) is 78.5 Å². The van der Waals surface area contributed by atoms with Gasteiger partial charge in [-0.15, -0.1) is 0 Å². The van der Waals surface area contributed by atoms with Crippen molar-refractivity contribution in [1.29, 1.82) is 0 Å². The Kier molecular flexibility index (Phi) is 6.64. The molecule has 1 aromatic heterocycles. The van der Waals surface area contributed by atoms with Crippen molar-refractivity contribution in [2.45, 2.75) is 103 Å². The molecular formula is C23H37N3O2. The molecule has 0 unspecified atom stereocenters. The zero-order valence-electron chi connectivity index (χ0n) is 18.3. The lowest BCUT2D eigenvalue weighted by molar-refractivity contribution is 0.0564. The molecule has 0 spiro atoms. The van der Waals surface area contributed by atoms with E-state index in [0.717, 1.165) is 38.0 Å². The van der Waals surface area contributed by atoms with Crippen molar-refractivity contribution in [3.8, 4) is 0 Å². The Morgan fingerprint density at radius 3 is 2.39 bits per heavy atom. The molecule has 3 rings (SSSR count). The average Bonchev–Trinajstić information content (AvgIpc) is 3.15. The molecule has 156 valence electrons. The molecule has 28 heavy (non-hydrogen) atoms. The first-order chi connectivity index (χ1) is 13.3. The summed E-state index contributed by atoms with van der Waals surface area (Å²) in [4.78, 5) is 22.0. The summed E-state index contributed by atoms with van der Waals surface area (Å²) in [6.07, 6.45) is 9.78. The highest BCUT2D eigenvalue weighted by Crippen LogP contribution is 2.34. The summed E-state index contributed by atoms with van der Waals surface area (Å²) in [6.45, 7) is 11.4. The molecule has 1 saturated heterocycles.